The number of rotatable bonds is 4. The van der Waals surface area contributed by atoms with Crippen molar-refractivity contribution in [2.45, 2.75) is 51.4 Å². The second-order valence-electron chi connectivity index (χ2n) is 16.3. The summed E-state index contributed by atoms with van der Waals surface area (Å²) in [5, 5.41) is 2.46. The smallest absolute Gasteiger partial charge is 0.167 e. The molecule has 5 nitrogen and oxygen atoms in total. The molecule has 2 aromatic heterocycles. The van der Waals surface area contributed by atoms with Gasteiger partial charge in [-0.25, -0.2) is 15.0 Å². The average Bonchev–Trinajstić information content (AvgIpc) is 3.68. The van der Waals surface area contributed by atoms with Crippen molar-refractivity contribution < 1.29 is 4.74 Å². The van der Waals surface area contributed by atoms with Crippen LogP contribution >= 0.6 is 0 Å². The predicted molar refractivity (Wildman–Crippen MR) is 228 cm³/mol. The minimum absolute atomic E-state index is 0.129. The van der Waals surface area contributed by atoms with Gasteiger partial charge in [0, 0.05) is 38.3 Å². The van der Waals surface area contributed by atoms with E-state index in [1.165, 1.54) is 38.5 Å². The number of ether oxygens (including phenoxy) is 1. The van der Waals surface area contributed by atoms with Gasteiger partial charge >= 0.3 is 0 Å². The number of para-hydroxylation sites is 3. The Hall–Kier alpha value is -6.59. The summed E-state index contributed by atoms with van der Waals surface area (Å²) < 4.78 is 9.74. The van der Waals surface area contributed by atoms with Crippen LogP contribution in [0.25, 0.3) is 67.0 Å². The third-order valence-electron chi connectivity index (χ3n) is 12.4. The molecule has 11 rings (SSSR count). The molecule has 1 aliphatic heterocycles. The lowest BCUT2D eigenvalue weighted by Gasteiger charge is -2.36. The van der Waals surface area contributed by atoms with Gasteiger partial charge in [0.1, 0.15) is 5.75 Å². The molecule has 0 fully saturated rings. The summed E-state index contributed by atoms with van der Waals surface area (Å²) in [6.07, 6.45) is 8.25. The predicted octanol–water partition coefficient (Wildman–Crippen LogP) is 12.8. The van der Waals surface area contributed by atoms with Crippen molar-refractivity contribution in [2.75, 3.05) is 0 Å². The minimum atomic E-state index is -0.382. The maximum absolute atomic E-state index is 7.32. The van der Waals surface area contributed by atoms with E-state index in [2.05, 4.69) is 160 Å². The van der Waals surface area contributed by atoms with Crippen LogP contribution in [-0.4, -0.2) is 19.5 Å². The first-order valence-electron chi connectivity index (χ1n) is 19.6. The highest BCUT2D eigenvalue weighted by Crippen LogP contribution is 2.55. The highest BCUT2D eigenvalue weighted by atomic mass is 16.5. The van der Waals surface area contributed by atoms with E-state index in [4.69, 9.17) is 19.7 Å². The summed E-state index contributed by atoms with van der Waals surface area (Å²) in [5.74, 6) is 3.59. The zero-order valence-corrected chi connectivity index (χ0v) is 32.0. The van der Waals surface area contributed by atoms with Gasteiger partial charge in [-0.15, -0.1) is 0 Å². The molecule has 0 N–H and O–H groups in total. The van der Waals surface area contributed by atoms with Crippen LogP contribution in [0.5, 0.6) is 11.5 Å². The highest BCUT2D eigenvalue weighted by molar-refractivity contribution is 6.12. The molecule has 3 aliphatic rings. The fraction of sp³-hybridized carbons (Fsp3) is 0.157. The van der Waals surface area contributed by atoms with Gasteiger partial charge in [0.05, 0.1) is 22.3 Å². The molecule has 8 aromatic rings. The Kier molecular flexibility index (Phi) is 7.00. The molecule has 0 unspecified atom stereocenters. The standard InChI is InChI=1S/C51H40N4O/c1-50(2)38-24-13-11-21-33(38)36-29-37-34-22-12-14-27-42(34)55(44(37)30-41(36)50)43-28-16-26-40-46(43)56-45-35(23-15-25-39(45)51(40,3)4)49-53-47(31-17-7-5-8-18-31)52-48(54-49)32-19-9-6-10-20-32/h5-9,11-19,21-30H,10,20H2,1-4H3. The van der Waals surface area contributed by atoms with Crippen LogP contribution in [-0.2, 0) is 10.8 Å². The molecule has 3 heterocycles. The first kappa shape index (κ1) is 32.8. The van der Waals surface area contributed by atoms with Gasteiger partial charge in [-0.3, -0.25) is 0 Å². The third-order valence-corrected chi connectivity index (χ3v) is 12.4. The summed E-state index contributed by atoms with van der Waals surface area (Å²) in [7, 11) is 0. The fourth-order valence-electron chi connectivity index (χ4n) is 9.43. The monoisotopic (exact) mass is 724 g/mol. The Morgan fingerprint density at radius 3 is 2.05 bits per heavy atom. The summed E-state index contributed by atoms with van der Waals surface area (Å²) in [5.41, 5.74) is 13.3. The number of nitrogens with zero attached hydrogens (tertiary/aromatic N) is 4. The number of hydrogen-bond acceptors (Lipinski definition) is 4. The topological polar surface area (TPSA) is 52.8 Å². The van der Waals surface area contributed by atoms with Crippen LogP contribution in [0.1, 0.15) is 68.6 Å². The number of aromatic nitrogens is 4. The largest absolute Gasteiger partial charge is 0.454 e. The number of allylic oxidation sites excluding steroid dienone is 4. The van der Waals surface area contributed by atoms with E-state index < -0.39 is 0 Å². The molecule has 2 aliphatic carbocycles. The van der Waals surface area contributed by atoms with Crippen molar-refractivity contribution in [1.29, 1.82) is 0 Å². The lowest BCUT2D eigenvalue weighted by molar-refractivity contribution is 0.418. The molecule has 56 heavy (non-hydrogen) atoms. The Balaban J connectivity index is 1.13. The normalized spacial score (nSPS) is 15.8. The Bertz CT molecular complexity index is 3000. The molecule has 0 spiro atoms. The van der Waals surface area contributed by atoms with Crippen LogP contribution in [0.15, 0.2) is 146 Å². The molecule has 0 saturated heterocycles. The lowest BCUT2D eigenvalue weighted by atomic mass is 9.75. The quantitative estimate of drug-likeness (QED) is 0.181. The van der Waals surface area contributed by atoms with Gasteiger partial charge in [-0.1, -0.05) is 143 Å². The van der Waals surface area contributed by atoms with Gasteiger partial charge in [0.25, 0.3) is 0 Å². The second-order valence-corrected chi connectivity index (χ2v) is 16.3. The maximum atomic E-state index is 7.32. The second kappa shape index (κ2) is 12.0. The van der Waals surface area contributed by atoms with Crippen LogP contribution in [0.2, 0.25) is 0 Å². The van der Waals surface area contributed by atoms with Crippen molar-refractivity contribution in [3.63, 3.8) is 0 Å². The zero-order chi connectivity index (χ0) is 37.8. The van der Waals surface area contributed by atoms with Crippen LogP contribution in [0.4, 0.5) is 0 Å². The number of benzene rings is 6. The van der Waals surface area contributed by atoms with Crippen molar-refractivity contribution in [3.05, 3.63) is 174 Å². The van der Waals surface area contributed by atoms with Gasteiger partial charge < -0.3 is 9.30 Å². The first-order valence-corrected chi connectivity index (χ1v) is 19.6. The fourth-order valence-corrected chi connectivity index (χ4v) is 9.43. The molecule has 0 saturated carbocycles. The Morgan fingerprint density at radius 2 is 1.21 bits per heavy atom. The summed E-state index contributed by atoms with van der Waals surface area (Å²) in [4.78, 5) is 15.3. The lowest BCUT2D eigenvalue weighted by Crippen LogP contribution is -2.25. The molecule has 0 atom stereocenters. The SMILES string of the molecule is CC1(C)c2ccccc2-c2cc3c4ccccc4n(-c4cccc5c4Oc4c(-c6nc(C7=CC=CCC7)nc(-c7ccccc7)n6)cccc4C5(C)C)c3cc21. The van der Waals surface area contributed by atoms with Crippen LogP contribution < -0.4 is 4.74 Å². The zero-order valence-electron chi connectivity index (χ0n) is 32.0. The number of hydrogen-bond donors (Lipinski definition) is 0. The van der Waals surface area contributed by atoms with Crippen molar-refractivity contribution in [3.8, 4) is 51.1 Å². The molecule has 6 aromatic carbocycles. The number of fused-ring (bicyclic) bond motifs is 8. The van der Waals surface area contributed by atoms with Crippen molar-refractivity contribution in [1.82, 2.24) is 19.5 Å². The van der Waals surface area contributed by atoms with E-state index in [1.54, 1.807) is 0 Å². The van der Waals surface area contributed by atoms with Gasteiger partial charge in [-0.2, -0.15) is 0 Å². The van der Waals surface area contributed by atoms with E-state index in [0.717, 1.165) is 63.4 Å². The van der Waals surface area contributed by atoms with E-state index in [1.807, 2.05) is 18.2 Å². The molecule has 5 heteroatoms. The van der Waals surface area contributed by atoms with Gasteiger partial charge in [0.15, 0.2) is 23.2 Å². The van der Waals surface area contributed by atoms with Crippen molar-refractivity contribution >= 4 is 27.4 Å². The van der Waals surface area contributed by atoms with E-state index in [0.29, 0.717) is 17.5 Å². The van der Waals surface area contributed by atoms with E-state index in [-0.39, 0.29) is 10.8 Å². The molecule has 0 radical (unpaired) electrons. The average molecular weight is 725 g/mol. The molecule has 0 amide bonds. The van der Waals surface area contributed by atoms with Crippen LogP contribution in [0, 0.1) is 0 Å². The molecule has 270 valence electrons. The summed E-state index contributed by atoms with van der Waals surface area (Å²) in [6.45, 7) is 9.30. The summed E-state index contributed by atoms with van der Waals surface area (Å²) >= 11 is 0. The maximum Gasteiger partial charge on any atom is 0.167 e. The van der Waals surface area contributed by atoms with Gasteiger partial charge in [-0.05, 0) is 71.0 Å². The van der Waals surface area contributed by atoms with Crippen LogP contribution in [0.3, 0.4) is 0 Å². The Morgan fingerprint density at radius 1 is 0.536 bits per heavy atom. The van der Waals surface area contributed by atoms with Crippen molar-refractivity contribution in [2.24, 2.45) is 0 Å². The highest BCUT2D eigenvalue weighted by Gasteiger charge is 2.39. The molecule has 0 bridgehead atoms. The molecular formula is C51H40N4O. The van der Waals surface area contributed by atoms with E-state index >= 15 is 0 Å². The first-order chi connectivity index (χ1) is 27.3. The van der Waals surface area contributed by atoms with E-state index in [9.17, 15) is 0 Å². The summed E-state index contributed by atoms with van der Waals surface area (Å²) in [6, 6.07) is 45.7. The molecular weight excluding hydrogens is 685 g/mol. The minimum Gasteiger partial charge on any atom is -0.454 e. The Labute approximate surface area is 326 Å². The van der Waals surface area contributed by atoms with Gasteiger partial charge in [0.2, 0.25) is 0 Å². The third kappa shape index (κ3) is 4.70.